The van der Waals surface area contributed by atoms with E-state index in [0.29, 0.717) is 22.7 Å². The Labute approximate surface area is 166 Å². The van der Waals surface area contributed by atoms with E-state index < -0.39 is 26.8 Å². The van der Waals surface area contributed by atoms with Crippen molar-refractivity contribution in [1.29, 1.82) is 0 Å². The van der Waals surface area contributed by atoms with Crippen LogP contribution < -0.4 is 10.6 Å². The van der Waals surface area contributed by atoms with E-state index in [1.807, 2.05) is 0 Å². The Hall–Kier alpha value is -2.39. The summed E-state index contributed by atoms with van der Waals surface area (Å²) in [5.41, 5.74) is 1.44. The lowest BCUT2D eigenvalue weighted by molar-refractivity contribution is -0.116. The monoisotopic (exact) mass is 422 g/mol. The van der Waals surface area contributed by atoms with Gasteiger partial charge in [-0.05, 0) is 55.8 Å². The summed E-state index contributed by atoms with van der Waals surface area (Å²) in [7, 11) is -3.78. The minimum Gasteiger partial charge on any atom is -0.326 e. The SMILES string of the molecule is Cc1cc(F)ccc1NC(=O)C[C@@H](C)S(=O)(=O)c1ccc2c(c1)NC(=O)CS2. The van der Waals surface area contributed by atoms with Gasteiger partial charge in [0.1, 0.15) is 5.82 Å². The molecule has 0 saturated heterocycles. The van der Waals surface area contributed by atoms with Crippen LogP contribution in [0.15, 0.2) is 46.2 Å². The Bertz CT molecular complexity index is 1050. The lowest BCUT2D eigenvalue weighted by Gasteiger charge is -2.19. The van der Waals surface area contributed by atoms with Gasteiger partial charge in [0.25, 0.3) is 0 Å². The van der Waals surface area contributed by atoms with E-state index in [2.05, 4.69) is 10.6 Å². The van der Waals surface area contributed by atoms with Gasteiger partial charge in [0, 0.05) is 17.0 Å². The number of fused-ring (bicyclic) bond motifs is 1. The molecule has 0 saturated carbocycles. The predicted octanol–water partition coefficient (Wildman–Crippen LogP) is 3.37. The number of benzene rings is 2. The van der Waals surface area contributed by atoms with Crippen LogP contribution in [0.25, 0.3) is 0 Å². The van der Waals surface area contributed by atoms with Gasteiger partial charge >= 0.3 is 0 Å². The number of carbonyl (C=O) groups is 2. The highest BCUT2D eigenvalue weighted by Crippen LogP contribution is 2.34. The lowest BCUT2D eigenvalue weighted by atomic mass is 10.2. The first-order valence-electron chi connectivity index (χ1n) is 8.53. The zero-order valence-electron chi connectivity index (χ0n) is 15.3. The largest absolute Gasteiger partial charge is 0.326 e. The van der Waals surface area contributed by atoms with E-state index in [9.17, 15) is 22.4 Å². The molecule has 2 aromatic rings. The minimum absolute atomic E-state index is 0.0484. The molecule has 28 heavy (non-hydrogen) atoms. The number of amides is 2. The molecular weight excluding hydrogens is 403 g/mol. The average Bonchev–Trinajstić information content (AvgIpc) is 2.63. The molecule has 2 aromatic carbocycles. The highest BCUT2D eigenvalue weighted by atomic mass is 32.2. The number of rotatable bonds is 5. The van der Waals surface area contributed by atoms with Gasteiger partial charge < -0.3 is 10.6 Å². The van der Waals surface area contributed by atoms with E-state index in [1.54, 1.807) is 13.0 Å². The second-order valence-corrected chi connectivity index (χ2v) is 9.95. The zero-order chi connectivity index (χ0) is 20.5. The molecule has 1 aliphatic heterocycles. The van der Waals surface area contributed by atoms with E-state index in [-0.39, 0.29) is 17.2 Å². The van der Waals surface area contributed by atoms with Crippen LogP contribution >= 0.6 is 11.8 Å². The smallest absolute Gasteiger partial charge is 0.234 e. The topological polar surface area (TPSA) is 92.3 Å². The number of carbonyl (C=O) groups excluding carboxylic acids is 2. The number of nitrogens with one attached hydrogen (secondary N) is 2. The van der Waals surface area contributed by atoms with Crippen molar-refractivity contribution in [3.8, 4) is 0 Å². The van der Waals surface area contributed by atoms with E-state index in [1.165, 1.54) is 49.0 Å². The zero-order valence-corrected chi connectivity index (χ0v) is 16.9. The van der Waals surface area contributed by atoms with Crippen molar-refractivity contribution in [2.24, 2.45) is 0 Å². The van der Waals surface area contributed by atoms with Crippen LogP contribution in [-0.4, -0.2) is 31.2 Å². The fraction of sp³-hybridized carbons (Fsp3) is 0.263. The quantitative estimate of drug-likeness (QED) is 0.771. The van der Waals surface area contributed by atoms with Gasteiger partial charge in [0.05, 0.1) is 21.6 Å². The molecule has 0 radical (unpaired) electrons. The first-order chi connectivity index (χ1) is 13.2. The molecule has 0 spiro atoms. The third kappa shape index (κ3) is 4.36. The number of aryl methyl sites for hydroxylation is 1. The molecule has 9 heteroatoms. The Kier molecular flexibility index (Phi) is 5.76. The van der Waals surface area contributed by atoms with Crippen LogP contribution in [0.5, 0.6) is 0 Å². The molecule has 3 rings (SSSR count). The van der Waals surface area contributed by atoms with Gasteiger partial charge in [0.2, 0.25) is 11.8 Å². The fourth-order valence-electron chi connectivity index (χ4n) is 2.81. The van der Waals surface area contributed by atoms with Crippen LogP contribution in [0.2, 0.25) is 0 Å². The number of sulfone groups is 1. The van der Waals surface area contributed by atoms with Crippen molar-refractivity contribution in [2.45, 2.75) is 35.3 Å². The van der Waals surface area contributed by atoms with Crippen LogP contribution in [0.4, 0.5) is 15.8 Å². The Balaban J connectivity index is 1.74. The highest BCUT2D eigenvalue weighted by molar-refractivity contribution is 8.00. The van der Waals surface area contributed by atoms with Gasteiger partial charge in [-0.1, -0.05) is 0 Å². The third-order valence-corrected chi connectivity index (χ3v) is 7.59. The number of hydrogen-bond donors (Lipinski definition) is 2. The van der Waals surface area contributed by atoms with Crippen molar-refractivity contribution < 1.29 is 22.4 Å². The molecule has 0 bridgehead atoms. The Morgan fingerprint density at radius 1 is 1.29 bits per heavy atom. The molecule has 0 aliphatic carbocycles. The van der Waals surface area contributed by atoms with Crippen molar-refractivity contribution in [3.63, 3.8) is 0 Å². The fourth-order valence-corrected chi connectivity index (χ4v) is 4.97. The van der Waals surface area contributed by atoms with Crippen LogP contribution in [0.1, 0.15) is 18.9 Å². The molecule has 6 nitrogen and oxygen atoms in total. The third-order valence-electron chi connectivity index (χ3n) is 4.38. The summed E-state index contributed by atoms with van der Waals surface area (Å²) in [5.74, 6) is -0.788. The second kappa shape index (κ2) is 7.92. The number of thioether (sulfide) groups is 1. The summed E-state index contributed by atoms with van der Waals surface area (Å²) in [6.07, 6.45) is -0.253. The van der Waals surface area contributed by atoms with Crippen molar-refractivity contribution in [2.75, 3.05) is 16.4 Å². The van der Waals surface area contributed by atoms with Gasteiger partial charge in [-0.15, -0.1) is 11.8 Å². The first kappa shape index (κ1) is 20.3. The van der Waals surface area contributed by atoms with E-state index >= 15 is 0 Å². The van der Waals surface area contributed by atoms with Gasteiger partial charge in [-0.25, -0.2) is 12.8 Å². The van der Waals surface area contributed by atoms with E-state index in [0.717, 1.165) is 4.90 Å². The molecular formula is C19H19FN2O4S2. The first-order valence-corrected chi connectivity index (χ1v) is 11.1. The molecule has 0 fully saturated rings. The normalized spacial score (nSPS) is 14.8. The summed E-state index contributed by atoms with van der Waals surface area (Å²) in [6, 6.07) is 8.51. The van der Waals surface area contributed by atoms with Gasteiger partial charge in [0.15, 0.2) is 9.84 Å². The summed E-state index contributed by atoms with van der Waals surface area (Å²) in [6.45, 7) is 3.11. The standard InChI is InChI=1S/C19H19FN2O4S2/c1-11-7-13(20)3-5-15(11)21-18(23)8-12(2)28(25,26)14-4-6-17-16(9-14)22-19(24)10-27-17/h3-7,9,12H,8,10H2,1-2H3,(H,21,23)(H,22,24)/t12-/m1/s1. The van der Waals surface area contributed by atoms with E-state index in [4.69, 9.17) is 0 Å². The molecule has 0 aromatic heterocycles. The molecule has 1 aliphatic rings. The molecule has 1 heterocycles. The maximum Gasteiger partial charge on any atom is 0.234 e. The van der Waals surface area contributed by atoms with Crippen LogP contribution in [-0.2, 0) is 19.4 Å². The van der Waals surface area contributed by atoms with Gasteiger partial charge in [-0.2, -0.15) is 0 Å². The van der Waals surface area contributed by atoms with Crippen LogP contribution in [0.3, 0.4) is 0 Å². The second-order valence-electron chi connectivity index (χ2n) is 6.56. The predicted molar refractivity (Wildman–Crippen MR) is 107 cm³/mol. The molecule has 148 valence electrons. The Morgan fingerprint density at radius 3 is 2.75 bits per heavy atom. The van der Waals surface area contributed by atoms with Crippen molar-refractivity contribution in [1.82, 2.24) is 0 Å². The maximum absolute atomic E-state index is 13.2. The lowest BCUT2D eigenvalue weighted by Crippen LogP contribution is -2.26. The van der Waals surface area contributed by atoms with Crippen molar-refractivity contribution >= 4 is 44.8 Å². The molecule has 2 N–H and O–H groups in total. The Morgan fingerprint density at radius 2 is 2.04 bits per heavy atom. The maximum atomic E-state index is 13.2. The number of halogens is 1. The molecule has 2 amide bonds. The number of anilines is 2. The molecule has 0 unspecified atom stereocenters. The number of hydrogen-bond acceptors (Lipinski definition) is 5. The summed E-state index contributed by atoms with van der Waals surface area (Å²) in [5, 5.41) is 4.30. The average molecular weight is 423 g/mol. The summed E-state index contributed by atoms with van der Waals surface area (Å²) in [4.78, 5) is 24.7. The minimum atomic E-state index is -3.78. The highest BCUT2D eigenvalue weighted by Gasteiger charge is 2.27. The van der Waals surface area contributed by atoms with Crippen molar-refractivity contribution in [3.05, 3.63) is 47.8 Å². The molecule has 1 atom stereocenters. The summed E-state index contributed by atoms with van der Waals surface area (Å²) < 4.78 is 38.9. The summed E-state index contributed by atoms with van der Waals surface area (Å²) >= 11 is 1.34. The van der Waals surface area contributed by atoms with Gasteiger partial charge in [-0.3, -0.25) is 9.59 Å². The van der Waals surface area contributed by atoms with Crippen LogP contribution in [0, 0.1) is 12.7 Å².